The molecule has 2 fully saturated rings. The zero-order valence-electron chi connectivity index (χ0n) is 9.78. The third-order valence-corrected chi connectivity index (χ3v) is 4.68. The predicted octanol–water partition coefficient (Wildman–Crippen LogP) is 3.53. The van der Waals surface area contributed by atoms with Crippen LogP contribution >= 0.6 is 24.0 Å². The standard InChI is InChI=1S/C12H19NOS2/c1-2-10-16-11(15)13-8-9-14-12(13)6-4-3-5-7-12/h2,10H,3-9H2,1H3. The zero-order valence-corrected chi connectivity index (χ0v) is 11.4. The van der Waals surface area contributed by atoms with E-state index in [0.29, 0.717) is 0 Å². The summed E-state index contributed by atoms with van der Waals surface area (Å²) in [5, 5.41) is 2.05. The summed E-state index contributed by atoms with van der Waals surface area (Å²) >= 11 is 7.13. The summed E-state index contributed by atoms with van der Waals surface area (Å²) in [7, 11) is 0. The van der Waals surface area contributed by atoms with Crippen LogP contribution in [0.25, 0.3) is 0 Å². The molecule has 0 unspecified atom stereocenters. The Kier molecular flexibility index (Phi) is 4.27. The van der Waals surface area contributed by atoms with Crippen LogP contribution in [0.5, 0.6) is 0 Å². The van der Waals surface area contributed by atoms with E-state index >= 15 is 0 Å². The van der Waals surface area contributed by atoms with Gasteiger partial charge in [-0.25, -0.2) is 0 Å². The summed E-state index contributed by atoms with van der Waals surface area (Å²) in [6.07, 6.45) is 8.20. The smallest absolute Gasteiger partial charge is 0.142 e. The molecule has 0 aromatic heterocycles. The molecular formula is C12H19NOS2. The first-order valence-corrected chi connectivity index (χ1v) is 7.31. The monoisotopic (exact) mass is 257 g/mol. The molecule has 0 aromatic rings. The molecule has 1 heterocycles. The molecule has 0 radical (unpaired) electrons. The highest BCUT2D eigenvalue weighted by atomic mass is 32.2. The van der Waals surface area contributed by atoms with E-state index in [9.17, 15) is 0 Å². The quantitative estimate of drug-likeness (QED) is 0.666. The summed E-state index contributed by atoms with van der Waals surface area (Å²) in [6.45, 7) is 3.81. The maximum atomic E-state index is 6.00. The van der Waals surface area contributed by atoms with Gasteiger partial charge in [0.1, 0.15) is 10.0 Å². The number of nitrogens with zero attached hydrogens (tertiary/aromatic N) is 1. The first-order chi connectivity index (χ1) is 7.78. The number of thiocarbonyl (C=S) groups is 1. The fourth-order valence-corrected chi connectivity index (χ4v) is 3.64. The minimum absolute atomic E-state index is 0.0517. The number of hydrogen-bond donors (Lipinski definition) is 0. The molecular weight excluding hydrogens is 238 g/mol. The summed E-state index contributed by atoms with van der Waals surface area (Å²) in [5.74, 6) is 0. The van der Waals surface area contributed by atoms with Crippen molar-refractivity contribution in [3.05, 3.63) is 11.5 Å². The number of rotatable bonds is 1. The van der Waals surface area contributed by atoms with Crippen molar-refractivity contribution < 1.29 is 4.74 Å². The molecule has 1 spiro atoms. The third-order valence-electron chi connectivity index (χ3n) is 3.34. The summed E-state index contributed by atoms with van der Waals surface area (Å²) in [4.78, 5) is 2.31. The largest absolute Gasteiger partial charge is 0.354 e. The van der Waals surface area contributed by atoms with Crippen molar-refractivity contribution in [2.24, 2.45) is 0 Å². The highest BCUT2D eigenvalue weighted by Crippen LogP contribution is 2.39. The molecule has 4 heteroatoms. The molecule has 1 aliphatic carbocycles. The molecule has 0 N–H and O–H groups in total. The normalized spacial score (nSPS) is 24.4. The first-order valence-electron chi connectivity index (χ1n) is 6.02. The molecule has 1 saturated heterocycles. The van der Waals surface area contributed by atoms with Gasteiger partial charge in [0, 0.05) is 6.54 Å². The van der Waals surface area contributed by atoms with E-state index in [-0.39, 0.29) is 5.72 Å². The molecule has 16 heavy (non-hydrogen) atoms. The molecule has 0 atom stereocenters. The molecule has 0 bridgehead atoms. The second-order valence-corrected chi connectivity index (χ2v) is 5.90. The van der Waals surface area contributed by atoms with Gasteiger partial charge >= 0.3 is 0 Å². The van der Waals surface area contributed by atoms with E-state index < -0.39 is 0 Å². The minimum Gasteiger partial charge on any atom is -0.354 e. The van der Waals surface area contributed by atoms with Crippen LogP contribution in [0, 0.1) is 0 Å². The van der Waals surface area contributed by atoms with Crippen LogP contribution in [-0.2, 0) is 4.74 Å². The Labute approximate surface area is 107 Å². The fourth-order valence-electron chi connectivity index (χ4n) is 2.57. The van der Waals surface area contributed by atoms with E-state index in [4.69, 9.17) is 17.0 Å². The SMILES string of the molecule is CC=CSC(=S)N1CCOC12CCCCC2. The van der Waals surface area contributed by atoms with Crippen molar-refractivity contribution in [1.29, 1.82) is 0 Å². The second kappa shape index (κ2) is 5.52. The van der Waals surface area contributed by atoms with E-state index in [1.54, 1.807) is 11.8 Å². The van der Waals surface area contributed by atoms with Gasteiger partial charge in [-0.15, -0.1) is 0 Å². The molecule has 1 saturated carbocycles. The van der Waals surface area contributed by atoms with Gasteiger partial charge in [-0.1, -0.05) is 36.5 Å². The van der Waals surface area contributed by atoms with Gasteiger partial charge < -0.3 is 9.64 Å². The lowest BCUT2D eigenvalue weighted by atomic mass is 9.91. The average molecular weight is 257 g/mol. The maximum absolute atomic E-state index is 6.00. The van der Waals surface area contributed by atoms with Gasteiger partial charge in [-0.05, 0) is 38.0 Å². The molecule has 0 aromatic carbocycles. The van der Waals surface area contributed by atoms with Crippen LogP contribution in [0.4, 0.5) is 0 Å². The summed E-state index contributed by atoms with van der Waals surface area (Å²) < 4.78 is 6.97. The van der Waals surface area contributed by atoms with Crippen molar-refractivity contribution in [2.45, 2.75) is 44.8 Å². The third kappa shape index (κ3) is 2.44. The minimum atomic E-state index is -0.0517. The highest BCUT2D eigenvalue weighted by Gasteiger charge is 2.43. The van der Waals surface area contributed by atoms with Gasteiger partial charge in [0.25, 0.3) is 0 Å². The average Bonchev–Trinajstić information content (AvgIpc) is 2.70. The number of allylic oxidation sites excluding steroid dienone is 1. The summed E-state index contributed by atoms with van der Waals surface area (Å²) in [5.41, 5.74) is -0.0517. The van der Waals surface area contributed by atoms with Crippen LogP contribution < -0.4 is 0 Å². The van der Waals surface area contributed by atoms with Crippen LogP contribution in [0.3, 0.4) is 0 Å². The molecule has 90 valence electrons. The topological polar surface area (TPSA) is 12.5 Å². The Balaban J connectivity index is 2.04. The van der Waals surface area contributed by atoms with Crippen molar-refractivity contribution in [1.82, 2.24) is 4.90 Å². The predicted molar refractivity (Wildman–Crippen MR) is 73.5 cm³/mol. The lowest BCUT2D eigenvalue weighted by molar-refractivity contribution is -0.0792. The Hall–Kier alpha value is -0.0600. The fraction of sp³-hybridized carbons (Fsp3) is 0.750. The molecule has 2 aliphatic rings. The number of thioether (sulfide) groups is 1. The molecule has 2 rings (SSSR count). The highest BCUT2D eigenvalue weighted by molar-refractivity contribution is 8.24. The van der Waals surface area contributed by atoms with Crippen molar-refractivity contribution in [3.8, 4) is 0 Å². The maximum Gasteiger partial charge on any atom is 0.142 e. The number of ether oxygens (including phenoxy) is 1. The second-order valence-electron chi connectivity index (χ2n) is 4.36. The van der Waals surface area contributed by atoms with E-state index in [1.165, 1.54) is 19.3 Å². The van der Waals surface area contributed by atoms with Crippen molar-refractivity contribution in [3.63, 3.8) is 0 Å². The van der Waals surface area contributed by atoms with E-state index in [0.717, 1.165) is 30.3 Å². The van der Waals surface area contributed by atoms with Crippen molar-refractivity contribution >= 4 is 28.3 Å². The Morgan fingerprint density at radius 2 is 2.12 bits per heavy atom. The lowest BCUT2D eigenvalue weighted by Gasteiger charge is -2.40. The van der Waals surface area contributed by atoms with Crippen LogP contribution in [0.1, 0.15) is 39.0 Å². The Bertz CT molecular complexity index is 285. The zero-order chi connectivity index (χ0) is 11.4. The molecule has 2 nitrogen and oxygen atoms in total. The van der Waals surface area contributed by atoms with Crippen LogP contribution in [0.15, 0.2) is 11.5 Å². The summed E-state index contributed by atoms with van der Waals surface area (Å²) in [6, 6.07) is 0. The van der Waals surface area contributed by atoms with Gasteiger partial charge in [0.05, 0.1) is 6.61 Å². The number of hydrogen-bond acceptors (Lipinski definition) is 3. The van der Waals surface area contributed by atoms with Gasteiger partial charge in [0.15, 0.2) is 0 Å². The molecule has 0 amide bonds. The van der Waals surface area contributed by atoms with E-state index in [2.05, 4.69) is 10.3 Å². The van der Waals surface area contributed by atoms with Crippen molar-refractivity contribution in [2.75, 3.05) is 13.2 Å². The van der Waals surface area contributed by atoms with Gasteiger partial charge in [0.2, 0.25) is 0 Å². The van der Waals surface area contributed by atoms with E-state index in [1.807, 2.05) is 13.0 Å². The first kappa shape index (κ1) is 12.4. The van der Waals surface area contributed by atoms with Gasteiger partial charge in [-0.2, -0.15) is 0 Å². The van der Waals surface area contributed by atoms with Crippen LogP contribution in [-0.4, -0.2) is 28.1 Å². The Morgan fingerprint density at radius 3 is 2.81 bits per heavy atom. The molecule has 1 aliphatic heterocycles. The Morgan fingerprint density at radius 1 is 1.38 bits per heavy atom. The van der Waals surface area contributed by atoms with Crippen LogP contribution in [0.2, 0.25) is 0 Å². The lowest BCUT2D eigenvalue weighted by Crippen LogP contribution is -2.47. The van der Waals surface area contributed by atoms with Gasteiger partial charge in [-0.3, -0.25) is 0 Å².